The largest absolute Gasteiger partial charge is 0.485 e. The number of hydrogen-bond donors (Lipinski definition) is 1. The first kappa shape index (κ1) is 13.5. The summed E-state index contributed by atoms with van der Waals surface area (Å²) in [7, 11) is 0. The molecule has 19 heavy (non-hydrogen) atoms. The Labute approximate surface area is 112 Å². The summed E-state index contributed by atoms with van der Waals surface area (Å²) < 4.78 is 20.9. The van der Waals surface area contributed by atoms with Gasteiger partial charge in [-0.15, -0.1) is 0 Å². The molecule has 0 amide bonds. The number of nitrogens with zero attached hydrogens (tertiary/aromatic N) is 2. The van der Waals surface area contributed by atoms with Gasteiger partial charge >= 0.3 is 0 Å². The Hall–Kier alpha value is -1.88. The zero-order valence-corrected chi connectivity index (χ0v) is 11.1. The van der Waals surface area contributed by atoms with Gasteiger partial charge in [0.05, 0.1) is 0 Å². The van der Waals surface area contributed by atoms with Crippen LogP contribution in [0.4, 0.5) is 4.39 Å². The van der Waals surface area contributed by atoms with Crippen molar-refractivity contribution in [2.45, 2.75) is 33.0 Å². The molecule has 0 bridgehead atoms. The van der Waals surface area contributed by atoms with E-state index >= 15 is 0 Å². The molecule has 5 heteroatoms. The van der Waals surface area contributed by atoms with E-state index < -0.39 is 0 Å². The normalized spacial score (nSPS) is 12.4. The number of aryl methyl sites for hydroxylation is 1. The molecule has 2 N–H and O–H groups in total. The lowest BCUT2D eigenvalue weighted by Gasteiger charge is -2.14. The number of aromatic nitrogens is 2. The van der Waals surface area contributed by atoms with E-state index in [1.54, 1.807) is 12.3 Å². The summed E-state index contributed by atoms with van der Waals surface area (Å²) in [5, 5.41) is 0. The Morgan fingerprint density at radius 1 is 1.47 bits per heavy atom. The van der Waals surface area contributed by atoms with Crippen molar-refractivity contribution in [3.63, 3.8) is 0 Å². The number of nitrogens with two attached hydrogens (primary N) is 1. The summed E-state index contributed by atoms with van der Waals surface area (Å²) >= 11 is 0. The second-order valence-corrected chi connectivity index (χ2v) is 4.39. The predicted octanol–water partition coefficient (Wildman–Crippen LogP) is 2.64. The van der Waals surface area contributed by atoms with E-state index in [9.17, 15) is 4.39 Å². The number of ether oxygens (including phenoxy) is 1. The number of hydrogen-bond acceptors (Lipinski definition) is 3. The molecule has 2 rings (SSSR count). The van der Waals surface area contributed by atoms with Gasteiger partial charge in [-0.25, -0.2) is 9.37 Å². The Kier molecular flexibility index (Phi) is 4.16. The molecular formula is C14H18FN3O. The molecular weight excluding hydrogens is 245 g/mol. The quantitative estimate of drug-likeness (QED) is 0.902. The molecule has 1 aromatic carbocycles. The lowest BCUT2D eigenvalue weighted by Crippen LogP contribution is -2.10. The van der Waals surface area contributed by atoms with Crippen LogP contribution in [0.5, 0.6) is 5.75 Å². The van der Waals surface area contributed by atoms with Gasteiger partial charge in [0.15, 0.2) is 0 Å². The minimum absolute atomic E-state index is 0.207. The second kappa shape index (κ2) is 5.84. The van der Waals surface area contributed by atoms with Gasteiger partial charge in [-0.05, 0) is 19.9 Å². The van der Waals surface area contributed by atoms with Crippen molar-refractivity contribution in [2.75, 3.05) is 0 Å². The standard InChI is InChI=1S/C14H18FN3O/c1-3-18-7-6-17-14(18)9-19-13-8-11(15)4-5-12(13)10(2)16/h4-8,10H,3,9,16H2,1-2H3/t10-/m0/s1. The van der Waals surface area contributed by atoms with Gasteiger partial charge in [0.25, 0.3) is 0 Å². The third-order valence-corrected chi connectivity index (χ3v) is 2.97. The summed E-state index contributed by atoms with van der Waals surface area (Å²) in [6.07, 6.45) is 3.61. The molecule has 102 valence electrons. The van der Waals surface area contributed by atoms with Crippen LogP contribution in [0, 0.1) is 5.82 Å². The fourth-order valence-corrected chi connectivity index (χ4v) is 1.92. The highest BCUT2D eigenvalue weighted by Crippen LogP contribution is 2.25. The number of benzene rings is 1. The fourth-order valence-electron chi connectivity index (χ4n) is 1.92. The number of halogens is 1. The summed E-state index contributed by atoms with van der Waals surface area (Å²) in [5.41, 5.74) is 6.63. The number of rotatable bonds is 5. The van der Waals surface area contributed by atoms with E-state index in [1.807, 2.05) is 24.6 Å². The first-order valence-electron chi connectivity index (χ1n) is 6.29. The Balaban J connectivity index is 2.17. The molecule has 1 aromatic heterocycles. The minimum atomic E-state index is -0.335. The lowest BCUT2D eigenvalue weighted by atomic mass is 10.1. The molecule has 1 atom stereocenters. The average Bonchev–Trinajstić information content (AvgIpc) is 2.83. The Bertz CT molecular complexity index is 551. The highest BCUT2D eigenvalue weighted by molar-refractivity contribution is 5.36. The van der Waals surface area contributed by atoms with E-state index in [0.717, 1.165) is 17.9 Å². The van der Waals surface area contributed by atoms with Crippen molar-refractivity contribution in [1.82, 2.24) is 9.55 Å². The molecule has 0 fully saturated rings. The molecule has 0 radical (unpaired) electrons. The van der Waals surface area contributed by atoms with Crippen LogP contribution in [0.3, 0.4) is 0 Å². The van der Waals surface area contributed by atoms with Crippen LogP contribution in [-0.2, 0) is 13.2 Å². The van der Waals surface area contributed by atoms with Crippen molar-refractivity contribution >= 4 is 0 Å². The van der Waals surface area contributed by atoms with Crippen LogP contribution in [0.15, 0.2) is 30.6 Å². The maximum Gasteiger partial charge on any atom is 0.146 e. The zero-order valence-electron chi connectivity index (χ0n) is 11.1. The summed E-state index contributed by atoms with van der Waals surface area (Å²) in [5.74, 6) is 0.946. The Morgan fingerprint density at radius 2 is 2.26 bits per heavy atom. The maximum atomic E-state index is 13.3. The Morgan fingerprint density at radius 3 is 2.95 bits per heavy atom. The van der Waals surface area contributed by atoms with E-state index in [0.29, 0.717) is 12.4 Å². The molecule has 0 saturated carbocycles. The van der Waals surface area contributed by atoms with Crippen LogP contribution in [0.2, 0.25) is 0 Å². The summed E-state index contributed by atoms with van der Waals surface area (Å²) in [6, 6.07) is 4.19. The molecule has 0 unspecified atom stereocenters. The first-order valence-corrected chi connectivity index (χ1v) is 6.29. The van der Waals surface area contributed by atoms with Gasteiger partial charge in [0.2, 0.25) is 0 Å². The number of imidazole rings is 1. The van der Waals surface area contributed by atoms with Gasteiger partial charge in [0.1, 0.15) is 24.0 Å². The molecule has 2 aromatic rings. The molecule has 0 aliphatic rings. The highest BCUT2D eigenvalue weighted by Gasteiger charge is 2.11. The zero-order chi connectivity index (χ0) is 13.8. The molecule has 0 saturated heterocycles. The van der Waals surface area contributed by atoms with Crippen LogP contribution >= 0.6 is 0 Å². The van der Waals surface area contributed by atoms with E-state index in [1.165, 1.54) is 12.1 Å². The maximum absolute atomic E-state index is 13.3. The van der Waals surface area contributed by atoms with Crippen LogP contribution in [-0.4, -0.2) is 9.55 Å². The summed E-state index contributed by atoms with van der Waals surface area (Å²) in [6.45, 7) is 4.99. The van der Waals surface area contributed by atoms with Crippen molar-refractivity contribution in [3.05, 3.63) is 47.8 Å². The molecule has 0 aliphatic carbocycles. The van der Waals surface area contributed by atoms with Gasteiger partial charge in [-0.3, -0.25) is 0 Å². The highest BCUT2D eigenvalue weighted by atomic mass is 19.1. The fraction of sp³-hybridized carbons (Fsp3) is 0.357. The van der Waals surface area contributed by atoms with E-state index in [2.05, 4.69) is 4.98 Å². The molecule has 0 aliphatic heterocycles. The smallest absolute Gasteiger partial charge is 0.146 e. The molecule has 0 spiro atoms. The van der Waals surface area contributed by atoms with Gasteiger partial charge < -0.3 is 15.0 Å². The molecule has 4 nitrogen and oxygen atoms in total. The second-order valence-electron chi connectivity index (χ2n) is 4.39. The van der Waals surface area contributed by atoms with Crippen molar-refractivity contribution < 1.29 is 9.13 Å². The average molecular weight is 263 g/mol. The third-order valence-electron chi connectivity index (χ3n) is 2.97. The first-order chi connectivity index (χ1) is 9.11. The summed E-state index contributed by atoms with van der Waals surface area (Å²) in [4.78, 5) is 4.21. The van der Waals surface area contributed by atoms with Gasteiger partial charge in [0, 0.05) is 36.6 Å². The minimum Gasteiger partial charge on any atom is -0.485 e. The van der Waals surface area contributed by atoms with Crippen molar-refractivity contribution in [3.8, 4) is 5.75 Å². The van der Waals surface area contributed by atoms with Gasteiger partial charge in [-0.1, -0.05) is 6.07 Å². The van der Waals surface area contributed by atoms with Crippen LogP contribution < -0.4 is 10.5 Å². The monoisotopic (exact) mass is 263 g/mol. The van der Waals surface area contributed by atoms with Gasteiger partial charge in [-0.2, -0.15) is 0 Å². The SMILES string of the molecule is CCn1ccnc1COc1cc(F)ccc1[C@H](C)N. The molecule has 1 heterocycles. The van der Waals surface area contributed by atoms with Crippen LogP contribution in [0.25, 0.3) is 0 Å². The topological polar surface area (TPSA) is 53.1 Å². The van der Waals surface area contributed by atoms with Crippen molar-refractivity contribution in [2.24, 2.45) is 5.73 Å². The van der Waals surface area contributed by atoms with E-state index in [4.69, 9.17) is 10.5 Å². The predicted molar refractivity (Wildman–Crippen MR) is 71.2 cm³/mol. The van der Waals surface area contributed by atoms with Crippen LogP contribution in [0.1, 0.15) is 31.3 Å². The van der Waals surface area contributed by atoms with E-state index in [-0.39, 0.29) is 11.9 Å². The lowest BCUT2D eigenvalue weighted by molar-refractivity contribution is 0.284. The third kappa shape index (κ3) is 3.12. The van der Waals surface area contributed by atoms with Crippen molar-refractivity contribution in [1.29, 1.82) is 0 Å².